The van der Waals surface area contributed by atoms with Gasteiger partial charge in [-0.2, -0.15) is 0 Å². The van der Waals surface area contributed by atoms with E-state index in [2.05, 4.69) is 10.8 Å². The third-order valence-electron chi connectivity index (χ3n) is 3.07. The molecule has 0 aromatic heterocycles. The Morgan fingerprint density at radius 1 is 1.42 bits per heavy atom. The van der Waals surface area contributed by atoms with Gasteiger partial charge in [-0.05, 0) is 19.3 Å². The van der Waals surface area contributed by atoms with Gasteiger partial charge in [-0.1, -0.05) is 6.42 Å². The van der Waals surface area contributed by atoms with E-state index < -0.39 is 6.58 Å². The summed E-state index contributed by atoms with van der Waals surface area (Å²) in [6.45, 7) is 0.633. The van der Waals surface area contributed by atoms with E-state index in [0.29, 0.717) is 19.4 Å². The average molecular weight is 276 g/mol. The molecule has 112 valence electrons. The summed E-state index contributed by atoms with van der Waals surface area (Å²) in [6, 6.07) is -0.111. The molecule has 0 saturated carbocycles. The standard InChI is InChI=1S/C13H26N2O4/c1-17-10-12-11(7-9-19-12)15-13(16)6-4-3-5-8-14-18-2/h11-12,14H,3-10H2,1-2H3,(H,15,16)/i9T. The van der Waals surface area contributed by atoms with Crippen LogP contribution >= 0.6 is 0 Å². The van der Waals surface area contributed by atoms with E-state index in [-0.39, 0.29) is 18.1 Å². The van der Waals surface area contributed by atoms with Gasteiger partial charge >= 0.3 is 0 Å². The van der Waals surface area contributed by atoms with Gasteiger partial charge < -0.3 is 19.6 Å². The molecule has 1 amide bonds. The first-order valence-electron chi connectivity index (χ1n) is 7.37. The summed E-state index contributed by atoms with van der Waals surface area (Å²) in [5.41, 5.74) is 2.77. The molecule has 0 spiro atoms. The fraction of sp³-hybridized carbons (Fsp3) is 0.923. The molecule has 1 aliphatic heterocycles. The van der Waals surface area contributed by atoms with Crippen LogP contribution in [-0.2, 0) is 19.1 Å². The molecule has 0 radical (unpaired) electrons. The smallest absolute Gasteiger partial charge is 0.220 e. The molecule has 1 heterocycles. The molecule has 0 aliphatic carbocycles. The molecule has 0 aromatic carbocycles. The minimum atomic E-state index is -0.569. The van der Waals surface area contributed by atoms with Crippen LogP contribution in [0.2, 0.25) is 0 Å². The van der Waals surface area contributed by atoms with Gasteiger partial charge in [0.1, 0.15) is 6.10 Å². The fourth-order valence-electron chi connectivity index (χ4n) is 2.04. The number of hydroxylamine groups is 1. The van der Waals surface area contributed by atoms with E-state index >= 15 is 0 Å². The van der Waals surface area contributed by atoms with E-state index in [9.17, 15) is 4.79 Å². The van der Waals surface area contributed by atoms with Crippen LogP contribution in [0, 0.1) is 0 Å². The average Bonchev–Trinajstić information content (AvgIpc) is 2.74. The molecule has 1 fully saturated rings. The molecule has 3 atom stereocenters. The van der Waals surface area contributed by atoms with E-state index in [1.165, 1.54) is 0 Å². The molecule has 2 N–H and O–H groups in total. The number of rotatable bonds is 10. The maximum Gasteiger partial charge on any atom is 0.220 e. The number of carbonyl (C=O) groups is 1. The van der Waals surface area contributed by atoms with Crippen molar-refractivity contribution in [1.82, 2.24) is 10.8 Å². The SMILES string of the molecule is [3H]C1CC(NC(=O)CCCCCNOC)C(COC)O1. The normalized spacial score (nSPS) is 27.3. The fourth-order valence-corrected chi connectivity index (χ4v) is 2.04. The summed E-state index contributed by atoms with van der Waals surface area (Å²) in [4.78, 5) is 16.6. The van der Waals surface area contributed by atoms with Gasteiger partial charge in [0.2, 0.25) is 5.91 Å². The highest BCUT2D eigenvalue weighted by atomic mass is 16.6. The number of carbonyl (C=O) groups excluding carboxylic acids is 1. The van der Waals surface area contributed by atoms with Crippen LogP contribution in [0.4, 0.5) is 0 Å². The first-order valence-corrected chi connectivity index (χ1v) is 6.79. The van der Waals surface area contributed by atoms with Crippen LogP contribution in [0.1, 0.15) is 33.5 Å². The predicted octanol–water partition coefficient (Wildman–Crippen LogP) is 0.618. The van der Waals surface area contributed by atoms with Gasteiger partial charge in [-0.15, -0.1) is 0 Å². The van der Waals surface area contributed by atoms with Crippen molar-refractivity contribution in [3.8, 4) is 0 Å². The number of nitrogens with one attached hydrogen (secondary N) is 2. The zero-order valence-corrected chi connectivity index (χ0v) is 11.8. The first kappa shape index (κ1) is 14.7. The Morgan fingerprint density at radius 2 is 2.26 bits per heavy atom. The van der Waals surface area contributed by atoms with Crippen LogP contribution in [0.5, 0.6) is 0 Å². The molecule has 6 nitrogen and oxygen atoms in total. The summed E-state index contributed by atoms with van der Waals surface area (Å²) in [6.07, 6.45) is 3.63. The molecule has 0 aromatic rings. The Labute approximate surface area is 116 Å². The number of ether oxygens (including phenoxy) is 2. The monoisotopic (exact) mass is 276 g/mol. The summed E-state index contributed by atoms with van der Waals surface area (Å²) in [5.74, 6) is 0.0218. The van der Waals surface area contributed by atoms with Crippen LogP contribution in [-0.4, -0.2) is 52.0 Å². The van der Waals surface area contributed by atoms with Crippen molar-refractivity contribution < 1.29 is 20.5 Å². The van der Waals surface area contributed by atoms with Gasteiger partial charge in [0.05, 0.1) is 21.1 Å². The topological polar surface area (TPSA) is 68.8 Å². The van der Waals surface area contributed by atoms with E-state index in [4.69, 9.17) is 15.7 Å². The van der Waals surface area contributed by atoms with Crippen molar-refractivity contribution >= 4 is 5.91 Å². The van der Waals surface area contributed by atoms with Crippen molar-refractivity contribution in [2.75, 3.05) is 34.0 Å². The summed E-state index contributed by atoms with van der Waals surface area (Å²) < 4.78 is 18.0. The molecule has 3 unspecified atom stereocenters. The highest BCUT2D eigenvalue weighted by molar-refractivity contribution is 5.76. The van der Waals surface area contributed by atoms with Gasteiger partial charge in [0.15, 0.2) is 0 Å². The van der Waals surface area contributed by atoms with E-state index in [0.717, 1.165) is 25.8 Å². The number of amides is 1. The Bertz CT molecular complexity index is 281. The number of methoxy groups -OCH3 is 1. The van der Waals surface area contributed by atoms with Gasteiger partial charge in [-0.25, -0.2) is 5.48 Å². The lowest BCUT2D eigenvalue weighted by Crippen LogP contribution is -2.42. The zero-order chi connectivity index (χ0) is 14.8. The molecule has 19 heavy (non-hydrogen) atoms. The second-order valence-corrected chi connectivity index (χ2v) is 4.62. The van der Waals surface area contributed by atoms with Crippen LogP contribution in [0.25, 0.3) is 0 Å². The Kier molecular flexibility index (Phi) is 7.85. The lowest BCUT2D eigenvalue weighted by atomic mass is 10.1. The van der Waals surface area contributed by atoms with Crippen LogP contribution in [0.3, 0.4) is 0 Å². The summed E-state index contributed by atoms with van der Waals surface area (Å²) in [5, 5.41) is 2.94. The van der Waals surface area contributed by atoms with Crippen molar-refractivity contribution in [2.24, 2.45) is 0 Å². The lowest BCUT2D eigenvalue weighted by molar-refractivity contribution is -0.122. The van der Waals surface area contributed by atoms with Crippen LogP contribution < -0.4 is 10.8 Å². The summed E-state index contributed by atoms with van der Waals surface area (Å²) in [7, 11) is 3.18. The Balaban J connectivity index is 2.14. The van der Waals surface area contributed by atoms with Gasteiger partial charge in [0.25, 0.3) is 0 Å². The van der Waals surface area contributed by atoms with Gasteiger partial charge in [0, 0.05) is 26.7 Å². The minimum Gasteiger partial charge on any atom is -0.382 e. The number of unbranched alkanes of at least 4 members (excludes halogenated alkanes) is 2. The molecule has 1 aliphatic rings. The Hall–Kier alpha value is -0.690. The predicted molar refractivity (Wildman–Crippen MR) is 71.6 cm³/mol. The maximum atomic E-state index is 11.8. The van der Waals surface area contributed by atoms with E-state index in [1.807, 2.05) is 0 Å². The van der Waals surface area contributed by atoms with E-state index in [1.54, 1.807) is 14.2 Å². The third kappa shape index (κ3) is 6.87. The molecule has 1 rings (SSSR count). The van der Waals surface area contributed by atoms with Crippen molar-refractivity contribution in [1.29, 1.82) is 0 Å². The largest absolute Gasteiger partial charge is 0.382 e. The highest BCUT2D eigenvalue weighted by Crippen LogP contribution is 2.14. The van der Waals surface area contributed by atoms with Gasteiger partial charge in [-0.3, -0.25) is 4.79 Å². The van der Waals surface area contributed by atoms with Crippen LogP contribution in [0.15, 0.2) is 0 Å². The lowest BCUT2D eigenvalue weighted by Gasteiger charge is -2.19. The second kappa shape index (κ2) is 10.1. The van der Waals surface area contributed by atoms with Crippen molar-refractivity contribution in [3.63, 3.8) is 0 Å². The minimum absolute atomic E-state index is 0.0218. The number of hydrogen-bond acceptors (Lipinski definition) is 5. The molecule has 0 bridgehead atoms. The zero-order valence-electron chi connectivity index (χ0n) is 12.8. The molecular formula is C13H26N2O4. The van der Waals surface area contributed by atoms with Crippen molar-refractivity contribution in [2.45, 2.75) is 44.2 Å². The number of hydrogen-bond donors (Lipinski definition) is 2. The molecule has 6 heteroatoms. The Morgan fingerprint density at radius 3 is 3.00 bits per heavy atom. The second-order valence-electron chi connectivity index (χ2n) is 4.62. The third-order valence-corrected chi connectivity index (χ3v) is 3.07. The quantitative estimate of drug-likeness (QED) is 0.452. The maximum absolute atomic E-state index is 11.8. The summed E-state index contributed by atoms with van der Waals surface area (Å²) >= 11 is 0. The molecule has 1 saturated heterocycles. The highest BCUT2D eigenvalue weighted by Gasteiger charge is 2.29. The molecular weight excluding hydrogens is 248 g/mol. The van der Waals surface area contributed by atoms with Crippen molar-refractivity contribution in [3.05, 3.63) is 0 Å². The first-order chi connectivity index (χ1) is 9.67.